The first kappa shape index (κ1) is 13.1. The summed E-state index contributed by atoms with van der Waals surface area (Å²) in [6.45, 7) is 4.83. The molecule has 0 N–H and O–H groups in total. The number of hydrogen-bond acceptors (Lipinski definition) is 4. The molecule has 5 nitrogen and oxygen atoms in total. The summed E-state index contributed by atoms with van der Waals surface area (Å²) in [6, 6.07) is 8.12. The van der Waals surface area contributed by atoms with Crippen LogP contribution in [0, 0.1) is 0 Å². The third-order valence-electron chi connectivity index (χ3n) is 2.83. The lowest BCUT2D eigenvalue weighted by Crippen LogP contribution is -2.33. The van der Waals surface area contributed by atoms with Gasteiger partial charge in [0, 0.05) is 13.1 Å². The van der Waals surface area contributed by atoms with Crippen LogP contribution < -0.4 is 10.4 Å². The first-order valence-corrected chi connectivity index (χ1v) is 6.15. The SMILES string of the molecule is CCN(CC)C(=O)Oc1cc(=O)oc2ccccc12. The Morgan fingerprint density at radius 2 is 1.95 bits per heavy atom. The monoisotopic (exact) mass is 261 g/mol. The molecule has 0 atom stereocenters. The van der Waals surface area contributed by atoms with Crippen molar-refractivity contribution < 1.29 is 13.9 Å². The van der Waals surface area contributed by atoms with E-state index in [0.717, 1.165) is 0 Å². The summed E-state index contributed by atoms with van der Waals surface area (Å²) in [7, 11) is 0. The highest BCUT2D eigenvalue weighted by atomic mass is 16.6. The van der Waals surface area contributed by atoms with Crippen molar-refractivity contribution in [3.8, 4) is 5.75 Å². The van der Waals surface area contributed by atoms with Gasteiger partial charge in [0.05, 0.1) is 11.5 Å². The van der Waals surface area contributed by atoms with Crippen LogP contribution in [0.3, 0.4) is 0 Å². The molecule has 0 unspecified atom stereocenters. The van der Waals surface area contributed by atoms with Crippen molar-refractivity contribution in [3.63, 3.8) is 0 Å². The second kappa shape index (κ2) is 5.56. The van der Waals surface area contributed by atoms with Crippen LogP contribution in [-0.2, 0) is 0 Å². The van der Waals surface area contributed by atoms with Gasteiger partial charge < -0.3 is 14.1 Å². The van der Waals surface area contributed by atoms with Crippen LogP contribution in [-0.4, -0.2) is 24.1 Å². The lowest BCUT2D eigenvalue weighted by atomic mass is 10.2. The van der Waals surface area contributed by atoms with E-state index in [9.17, 15) is 9.59 Å². The van der Waals surface area contributed by atoms with Gasteiger partial charge in [0.15, 0.2) is 5.75 Å². The first-order chi connectivity index (χ1) is 9.15. The van der Waals surface area contributed by atoms with Crippen LogP contribution in [0.25, 0.3) is 11.0 Å². The second-order valence-corrected chi connectivity index (χ2v) is 3.97. The molecular formula is C14H15NO4. The number of para-hydroxylation sites is 1. The van der Waals surface area contributed by atoms with Crippen molar-refractivity contribution in [2.45, 2.75) is 13.8 Å². The molecule has 1 aromatic carbocycles. The molecule has 1 amide bonds. The van der Waals surface area contributed by atoms with Crippen molar-refractivity contribution in [2.75, 3.05) is 13.1 Å². The van der Waals surface area contributed by atoms with Crippen molar-refractivity contribution in [1.82, 2.24) is 4.90 Å². The van der Waals surface area contributed by atoms with E-state index in [1.54, 1.807) is 24.3 Å². The maximum atomic E-state index is 11.9. The normalized spacial score (nSPS) is 10.4. The molecule has 1 heterocycles. The summed E-state index contributed by atoms with van der Waals surface area (Å²) in [4.78, 5) is 24.9. The van der Waals surface area contributed by atoms with Crippen LogP contribution in [0.15, 0.2) is 39.5 Å². The fourth-order valence-corrected chi connectivity index (χ4v) is 1.81. The average molecular weight is 261 g/mol. The van der Waals surface area contributed by atoms with Crippen molar-refractivity contribution >= 4 is 17.1 Å². The van der Waals surface area contributed by atoms with Gasteiger partial charge in [-0.3, -0.25) is 0 Å². The number of hydrogen-bond donors (Lipinski definition) is 0. The molecule has 0 saturated heterocycles. The Morgan fingerprint density at radius 1 is 1.26 bits per heavy atom. The first-order valence-electron chi connectivity index (χ1n) is 6.15. The highest BCUT2D eigenvalue weighted by Gasteiger charge is 2.15. The fourth-order valence-electron chi connectivity index (χ4n) is 1.81. The Bertz CT molecular complexity index is 643. The van der Waals surface area contributed by atoms with E-state index in [2.05, 4.69) is 0 Å². The van der Waals surface area contributed by atoms with Crippen molar-refractivity contribution in [2.24, 2.45) is 0 Å². The molecule has 0 aliphatic rings. The zero-order valence-corrected chi connectivity index (χ0v) is 10.9. The zero-order chi connectivity index (χ0) is 13.8. The van der Waals surface area contributed by atoms with Crippen molar-refractivity contribution in [1.29, 1.82) is 0 Å². The van der Waals surface area contributed by atoms with Crippen LogP contribution in [0.4, 0.5) is 4.79 Å². The maximum Gasteiger partial charge on any atom is 0.415 e. The summed E-state index contributed by atoms with van der Waals surface area (Å²) in [6.07, 6.45) is -0.472. The molecule has 0 aliphatic heterocycles. The molecule has 100 valence electrons. The van der Waals surface area contributed by atoms with E-state index >= 15 is 0 Å². The van der Waals surface area contributed by atoms with Gasteiger partial charge in [-0.25, -0.2) is 9.59 Å². The number of fused-ring (bicyclic) bond motifs is 1. The molecule has 0 spiro atoms. The molecule has 0 saturated carbocycles. The molecule has 2 aromatic rings. The molecule has 0 fully saturated rings. The van der Waals surface area contributed by atoms with Gasteiger partial charge >= 0.3 is 11.7 Å². The smallest absolute Gasteiger partial charge is 0.415 e. The number of rotatable bonds is 3. The summed E-state index contributed by atoms with van der Waals surface area (Å²) in [5.74, 6) is 0.226. The van der Waals surface area contributed by atoms with E-state index < -0.39 is 11.7 Å². The molecule has 5 heteroatoms. The second-order valence-electron chi connectivity index (χ2n) is 3.97. The molecule has 0 aliphatic carbocycles. The molecule has 1 aromatic heterocycles. The number of amides is 1. The largest absolute Gasteiger partial charge is 0.422 e. The number of ether oxygens (including phenoxy) is 1. The van der Waals surface area contributed by atoms with Gasteiger partial charge in [-0.1, -0.05) is 12.1 Å². The highest BCUT2D eigenvalue weighted by molar-refractivity contribution is 5.85. The summed E-state index contributed by atoms with van der Waals surface area (Å²) in [5, 5.41) is 0.600. The van der Waals surface area contributed by atoms with Gasteiger partial charge in [0.25, 0.3) is 0 Å². The third-order valence-corrected chi connectivity index (χ3v) is 2.83. The minimum absolute atomic E-state index is 0.226. The zero-order valence-electron chi connectivity index (χ0n) is 10.9. The topological polar surface area (TPSA) is 59.8 Å². The van der Waals surface area contributed by atoms with Gasteiger partial charge in [-0.15, -0.1) is 0 Å². The Morgan fingerprint density at radius 3 is 2.63 bits per heavy atom. The number of nitrogens with zero attached hydrogens (tertiary/aromatic N) is 1. The summed E-state index contributed by atoms with van der Waals surface area (Å²) < 4.78 is 10.3. The third kappa shape index (κ3) is 2.76. The Labute approximate surface area is 110 Å². The predicted molar refractivity (Wildman–Crippen MR) is 71.4 cm³/mol. The van der Waals surface area contributed by atoms with Gasteiger partial charge in [-0.2, -0.15) is 0 Å². The van der Waals surface area contributed by atoms with E-state index in [1.165, 1.54) is 11.0 Å². The van der Waals surface area contributed by atoms with E-state index in [4.69, 9.17) is 9.15 Å². The van der Waals surface area contributed by atoms with Gasteiger partial charge in [0.1, 0.15) is 5.58 Å². The number of carbonyl (C=O) groups excluding carboxylic acids is 1. The molecule has 2 rings (SSSR count). The lowest BCUT2D eigenvalue weighted by molar-refractivity contribution is 0.157. The van der Waals surface area contributed by atoms with E-state index in [0.29, 0.717) is 24.1 Å². The maximum absolute atomic E-state index is 11.9. The van der Waals surface area contributed by atoms with E-state index in [-0.39, 0.29) is 5.75 Å². The average Bonchev–Trinajstić information content (AvgIpc) is 2.40. The Balaban J connectivity index is 2.40. The summed E-state index contributed by atoms with van der Waals surface area (Å²) in [5.41, 5.74) is -0.140. The highest BCUT2D eigenvalue weighted by Crippen LogP contribution is 2.23. The standard InChI is InChI=1S/C14H15NO4/c1-3-15(4-2)14(17)19-12-9-13(16)18-11-8-6-5-7-10(11)12/h5-9H,3-4H2,1-2H3. The van der Waals surface area contributed by atoms with Crippen molar-refractivity contribution in [3.05, 3.63) is 40.8 Å². The quantitative estimate of drug-likeness (QED) is 0.797. The molecular weight excluding hydrogens is 246 g/mol. The minimum Gasteiger partial charge on any atom is -0.422 e. The van der Waals surface area contributed by atoms with Crippen LogP contribution in [0.2, 0.25) is 0 Å². The Kier molecular flexibility index (Phi) is 3.85. The number of carbonyl (C=O) groups is 1. The summed E-state index contributed by atoms with van der Waals surface area (Å²) >= 11 is 0. The molecule has 0 radical (unpaired) electrons. The van der Waals surface area contributed by atoms with Crippen LogP contribution in [0.1, 0.15) is 13.8 Å². The van der Waals surface area contributed by atoms with E-state index in [1.807, 2.05) is 13.8 Å². The number of benzene rings is 1. The van der Waals surface area contributed by atoms with Crippen LogP contribution >= 0.6 is 0 Å². The minimum atomic E-state index is -0.541. The molecule has 0 bridgehead atoms. The van der Waals surface area contributed by atoms with Gasteiger partial charge in [0.2, 0.25) is 0 Å². The Hall–Kier alpha value is -2.30. The van der Waals surface area contributed by atoms with Gasteiger partial charge in [-0.05, 0) is 26.0 Å². The van der Waals surface area contributed by atoms with Crippen LogP contribution in [0.5, 0.6) is 5.75 Å². The lowest BCUT2D eigenvalue weighted by Gasteiger charge is -2.18. The molecule has 19 heavy (non-hydrogen) atoms. The predicted octanol–water partition coefficient (Wildman–Crippen LogP) is 2.63. The fraction of sp³-hybridized carbons (Fsp3) is 0.286.